The SMILES string of the molecule is O=C(NCCC1CN(c2ncnc3[nH]ncc23)c2ccccc21)NC(Cc1ncc[nH]1)c1ccccc1. The van der Waals surface area contributed by atoms with Crippen molar-refractivity contribution in [3.63, 3.8) is 0 Å². The van der Waals surface area contributed by atoms with Crippen molar-refractivity contribution >= 4 is 28.6 Å². The molecule has 2 aromatic carbocycles. The van der Waals surface area contributed by atoms with Crippen LogP contribution < -0.4 is 15.5 Å². The van der Waals surface area contributed by atoms with Gasteiger partial charge < -0.3 is 20.5 Å². The first-order chi connectivity index (χ1) is 18.3. The van der Waals surface area contributed by atoms with E-state index in [2.05, 4.69) is 63.9 Å². The van der Waals surface area contributed by atoms with Crippen molar-refractivity contribution in [2.24, 2.45) is 0 Å². The average molecular weight is 494 g/mol. The lowest BCUT2D eigenvalue weighted by molar-refractivity contribution is 0.236. The van der Waals surface area contributed by atoms with E-state index in [1.165, 1.54) is 5.56 Å². The molecule has 0 bridgehead atoms. The first kappa shape index (κ1) is 22.7. The number of para-hydroxylation sites is 1. The number of carbonyl (C=O) groups is 1. The quantitative estimate of drug-likeness (QED) is 0.259. The number of aromatic amines is 2. The van der Waals surface area contributed by atoms with E-state index in [4.69, 9.17) is 0 Å². The molecule has 37 heavy (non-hydrogen) atoms. The minimum atomic E-state index is -0.195. The Balaban J connectivity index is 1.12. The number of urea groups is 1. The van der Waals surface area contributed by atoms with Gasteiger partial charge in [-0.3, -0.25) is 5.10 Å². The van der Waals surface area contributed by atoms with Crippen molar-refractivity contribution < 1.29 is 4.79 Å². The van der Waals surface area contributed by atoms with E-state index < -0.39 is 0 Å². The predicted molar refractivity (Wildman–Crippen MR) is 140 cm³/mol. The summed E-state index contributed by atoms with van der Waals surface area (Å²) in [6.45, 7) is 1.32. The lowest BCUT2D eigenvalue weighted by Gasteiger charge is -2.20. The second-order valence-electron chi connectivity index (χ2n) is 9.09. The van der Waals surface area contributed by atoms with Crippen molar-refractivity contribution in [1.82, 2.24) is 40.8 Å². The number of H-pyrrole nitrogens is 2. The number of aromatic nitrogens is 6. The largest absolute Gasteiger partial charge is 0.349 e. The van der Waals surface area contributed by atoms with E-state index in [0.717, 1.165) is 41.2 Å². The third-order valence-corrected chi connectivity index (χ3v) is 6.79. The zero-order valence-corrected chi connectivity index (χ0v) is 20.1. The van der Waals surface area contributed by atoms with Crippen molar-refractivity contribution in [2.45, 2.75) is 24.8 Å². The van der Waals surface area contributed by atoms with Crippen LogP contribution in [0.25, 0.3) is 11.0 Å². The molecule has 2 atom stereocenters. The molecule has 0 aliphatic carbocycles. The standard InChI is InChI=1S/C27H27N9O/c37-27(34-22(14-24-28-12-13-29-24)18-6-2-1-3-7-18)30-11-10-19-16-36(23-9-5-4-8-20(19)23)26-21-15-33-35-25(21)31-17-32-26/h1-9,12-13,15,17,19,22H,10-11,14,16H2,(H,28,29)(H2,30,34,37)(H,31,32,33,35). The molecule has 0 spiro atoms. The number of hydrogen-bond acceptors (Lipinski definition) is 6. The van der Waals surface area contributed by atoms with Crippen LogP contribution in [0.4, 0.5) is 16.3 Å². The molecule has 3 aromatic heterocycles. The van der Waals surface area contributed by atoms with Gasteiger partial charge in [0.2, 0.25) is 0 Å². The molecule has 4 heterocycles. The number of imidazole rings is 1. The Morgan fingerprint density at radius 3 is 2.81 bits per heavy atom. The summed E-state index contributed by atoms with van der Waals surface area (Å²) in [6.07, 6.45) is 8.21. The van der Waals surface area contributed by atoms with Gasteiger partial charge >= 0.3 is 6.03 Å². The molecule has 1 aliphatic heterocycles. The summed E-state index contributed by atoms with van der Waals surface area (Å²) < 4.78 is 0. The van der Waals surface area contributed by atoms with Gasteiger partial charge in [-0.2, -0.15) is 5.10 Å². The number of nitrogens with one attached hydrogen (secondary N) is 4. The van der Waals surface area contributed by atoms with E-state index in [9.17, 15) is 4.79 Å². The molecule has 0 fully saturated rings. The fourth-order valence-corrected chi connectivity index (χ4v) is 5.02. The Kier molecular flexibility index (Phi) is 6.20. The highest BCUT2D eigenvalue weighted by Gasteiger charge is 2.31. The lowest BCUT2D eigenvalue weighted by atomic mass is 9.98. The van der Waals surface area contributed by atoms with Crippen LogP contribution in [0.3, 0.4) is 0 Å². The normalized spacial score (nSPS) is 15.5. The minimum absolute atomic E-state index is 0.190. The van der Waals surface area contributed by atoms with Gasteiger partial charge in [0.05, 0.1) is 17.6 Å². The number of benzene rings is 2. The van der Waals surface area contributed by atoms with Crippen LogP contribution in [-0.2, 0) is 6.42 Å². The maximum atomic E-state index is 12.9. The van der Waals surface area contributed by atoms with E-state index in [1.54, 1.807) is 24.9 Å². The number of carbonyl (C=O) groups excluding carboxylic acids is 1. The van der Waals surface area contributed by atoms with Gasteiger partial charge in [-0.05, 0) is 23.6 Å². The molecule has 2 amide bonds. The van der Waals surface area contributed by atoms with Gasteiger partial charge in [0.25, 0.3) is 0 Å². The second kappa shape index (κ2) is 10.1. The van der Waals surface area contributed by atoms with Crippen molar-refractivity contribution in [2.75, 3.05) is 18.0 Å². The van der Waals surface area contributed by atoms with E-state index in [0.29, 0.717) is 18.6 Å². The van der Waals surface area contributed by atoms with Gasteiger partial charge in [-0.15, -0.1) is 0 Å². The first-order valence-electron chi connectivity index (χ1n) is 12.3. The van der Waals surface area contributed by atoms with Crippen LogP contribution in [0.2, 0.25) is 0 Å². The Hall–Kier alpha value is -4.73. The average Bonchev–Trinajstić information content (AvgIpc) is 3.69. The summed E-state index contributed by atoms with van der Waals surface area (Å²) in [7, 11) is 0. The van der Waals surface area contributed by atoms with E-state index >= 15 is 0 Å². The number of amides is 2. The number of hydrogen-bond donors (Lipinski definition) is 4. The van der Waals surface area contributed by atoms with Crippen LogP contribution in [-0.4, -0.2) is 49.3 Å². The van der Waals surface area contributed by atoms with Gasteiger partial charge in [0.1, 0.15) is 18.0 Å². The summed E-state index contributed by atoms with van der Waals surface area (Å²) in [5.74, 6) is 1.91. The number of nitrogens with zero attached hydrogens (tertiary/aromatic N) is 5. The van der Waals surface area contributed by atoms with Gasteiger partial charge in [-0.25, -0.2) is 19.7 Å². The Morgan fingerprint density at radius 1 is 1.08 bits per heavy atom. The van der Waals surface area contributed by atoms with Gasteiger partial charge in [-0.1, -0.05) is 48.5 Å². The summed E-state index contributed by atoms with van der Waals surface area (Å²) in [6, 6.07) is 17.9. The van der Waals surface area contributed by atoms with Gasteiger partial charge in [0, 0.05) is 43.5 Å². The van der Waals surface area contributed by atoms with Crippen LogP contribution >= 0.6 is 0 Å². The zero-order chi connectivity index (χ0) is 25.0. The Bertz CT molecular complexity index is 1480. The van der Waals surface area contributed by atoms with Crippen LogP contribution in [0.15, 0.2) is 79.5 Å². The minimum Gasteiger partial charge on any atom is -0.349 e. The molecule has 0 saturated carbocycles. The highest BCUT2D eigenvalue weighted by atomic mass is 16.2. The number of fused-ring (bicyclic) bond motifs is 2. The lowest BCUT2D eigenvalue weighted by Crippen LogP contribution is -2.39. The van der Waals surface area contributed by atoms with Crippen LogP contribution in [0.5, 0.6) is 0 Å². The Morgan fingerprint density at radius 2 is 1.95 bits per heavy atom. The van der Waals surface area contributed by atoms with E-state index in [1.807, 2.05) is 36.4 Å². The third kappa shape index (κ3) is 4.73. The van der Waals surface area contributed by atoms with Crippen molar-refractivity contribution in [3.05, 3.63) is 96.5 Å². The van der Waals surface area contributed by atoms with Crippen molar-refractivity contribution in [1.29, 1.82) is 0 Å². The molecule has 4 N–H and O–H groups in total. The first-order valence-corrected chi connectivity index (χ1v) is 12.3. The molecule has 6 rings (SSSR count). The third-order valence-electron chi connectivity index (χ3n) is 6.79. The molecule has 186 valence electrons. The summed E-state index contributed by atoms with van der Waals surface area (Å²) in [5.41, 5.74) is 4.12. The van der Waals surface area contributed by atoms with Crippen LogP contribution in [0, 0.1) is 0 Å². The fraction of sp³-hybridized carbons (Fsp3) is 0.222. The molecular weight excluding hydrogens is 466 g/mol. The molecule has 1 aliphatic rings. The summed E-state index contributed by atoms with van der Waals surface area (Å²) in [4.78, 5) is 31.4. The highest BCUT2D eigenvalue weighted by molar-refractivity contribution is 5.90. The topological polar surface area (TPSA) is 128 Å². The molecular formula is C27H27N9O. The fourth-order valence-electron chi connectivity index (χ4n) is 5.02. The summed E-state index contributed by atoms with van der Waals surface area (Å²) in [5, 5.41) is 14.1. The van der Waals surface area contributed by atoms with Crippen molar-refractivity contribution in [3.8, 4) is 0 Å². The molecule has 0 saturated heterocycles. The second-order valence-corrected chi connectivity index (χ2v) is 9.09. The smallest absolute Gasteiger partial charge is 0.315 e. The maximum absolute atomic E-state index is 12.9. The van der Waals surface area contributed by atoms with E-state index in [-0.39, 0.29) is 18.0 Å². The predicted octanol–water partition coefficient (Wildman–Crippen LogP) is 3.98. The number of rotatable bonds is 8. The van der Waals surface area contributed by atoms with Gasteiger partial charge in [0.15, 0.2) is 5.65 Å². The summed E-state index contributed by atoms with van der Waals surface area (Å²) >= 11 is 0. The monoisotopic (exact) mass is 493 g/mol. The number of anilines is 2. The molecule has 10 heteroatoms. The zero-order valence-electron chi connectivity index (χ0n) is 20.1. The molecule has 10 nitrogen and oxygen atoms in total. The maximum Gasteiger partial charge on any atom is 0.315 e. The molecule has 2 unspecified atom stereocenters. The molecule has 5 aromatic rings. The Labute approximate surface area is 213 Å². The molecule has 0 radical (unpaired) electrons. The highest BCUT2D eigenvalue weighted by Crippen LogP contribution is 2.42. The van der Waals surface area contributed by atoms with Crippen LogP contribution in [0.1, 0.15) is 35.3 Å².